The summed E-state index contributed by atoms with van der Waals surface area (Å²) >= 11 is 3.22. The summed E-state index contributed by atoms with van der Waals surface area (Å²) in [6, 6.07) is 0. The molecule has 0 aromatic rings. The van der Waals surface area contributed by atoms with Gasteiger partial charge in [0.05, 0.1) is 0 Å². The Morgan fingerprint density at radius 3 is 2.50 bits per heavy atom. The van der Waals surface area contributed by atoms with Crippen molar-refractivity contribution in [2.45, 2.75) is 20.1 Å². The molecule has 0 saturated heterocycles. The minimum absolute atomic E-state index is 0.362. The van der Waals surface area contributed by atoms with Crippen molar-refractivity contribution in [1.29, 1.82) is 0 Å². The van der Waals surface area contributed by atoms with Crippen LogP contribution < -0.4 is 0 Å². The molecule has 1 aliphatic rings. The van der Waals surface area contributed by atoms with Gasteiger partial charge in [-0.1, -0.05) is 0 Å². The highest BCUT2D eigenvalue weighted by Crippen LogP contribution is 2.29. The van der Waals surface area contributed by atoms with Gasteiger partial charge < -0.3 is 14.4 Å². The Hall–Kier alpha value is -0.550. The van der Waals surface area contributed by atoms with Gasteiger partial charge in [0.2, 0.25) is 6.29 Å². The van der Waals surface area contributed by atoms with E-state index in [0.717, 1.165) is 18.8 Å². The average Bonchev–Trinajstić information content (AvgIpc) is 2.47. The first-order valence-corrected chi connectivity index (χ1v) is 5.33. The van der Waals surface area contributed by atoms with E-state index in [4.69, 9.17) is 9.47 Å². The summed E-state index contributed by atoms with van der Waals surface area (Å²) in [4.78, 5) is 13.3. The lowest BCUT2D eigenvalue weighted by atomic mass is 10.3. The number of methoxy groups -OCH3 is 1. The van der Waals surface area contributed by atoms with Crippen molar-refractivity contribution in [3.63, 3.8) is 0 Å². The Kier molecular flexibility index (Phi) is 3.95. The summed E-state index contributed by atoms with van der Waals surface area (Å²) in [5.41, 5.74) is 0.780. The molecule has 0 fully saturated rings. The predicted molar refractivity (Wildman–Crippen MR) is 55.8 cm³/mol. The molecule has 1 unspecified atom stereocenters. The van der Waals surface area contributed by atoms with Gasteiger partial charge in [0, 0.05) is 20.2 Å². The van der Waals surface area contributed by atoms with Crippen molar-refractivity contribution in [2.24, 2.45) is 0 Å². The highest BCUT2D eigenvalue weighted by Gasteiger charge is 2.35. The highest BCUT2D eigenvalue weighted by atomic mass is 79.9. The van der Waals surface area contributed by atoms with E-state index in [0.29, 0.717) is 4.48 Å². The van der Waals surface area contributed by atoms with Gasteiger partial charge in [-0.3, -0.25) is 0 Å². The third kappa shape index (κ3) is 1.93. The van der Waals surface area contributed by atoms with E-state index in [1.54, 1.807) is 0 Å². The van der Waals surface area contributed by atoms with E-state index in [2.05, 4.69) is 15.9 Å². The zero-order valence-corrected chi connectivity index (χ0v) is 10.1. The van der Waals surface area contributed by atoms with Gasteiger partial charge in [-0.25, -0.2) is 4.79 Å². The van der Waals surface area contributed by atoms with Gasteiger partial charge in [0.1, 0.15) is 10.2 Å². The lowest BCUT2D eigenvalue weighted by Gasteiger charge is -2.25. The Morgan fingerprint density at radius 2 is 2.07 bits per heavy atom. The second-order valence-electron chi connectivity index (χ2n) is 2.84. The van der Waals surface area contributed by atoms with Crippen LogP contribution in [0.15, 0.2) is 10.2 Å². The lowest BCUT2D eigenvalue weighted by molar-refractivity contribution is -0.157. The first-order chi connectivity index (χ1) is 6.65. The summed E-state index contributed by atoms with van der Waals surface area (Å²) in [5, 5.41) is 0. The monoisotopic (exact) mass is 263 g/mol. The number of carbonyl (C=O) groups is 1. The summed E-state index contributed by atoms with van der Waals surface area (Å²) in [6.45, 7) is 5.67. The van der Waals surface area contributed by atoms with Crippen molar-refractivity contribution in [3.8, 4) is 0 Å². The van der Waals surface area contributed by atoms with Gasteiger partial charge in [-0.15, -0.1) is 0 Å². The third-order valence-electron chi connectivity index (χ3n) is 2.16. The summed E-state index contributed by atoms with van der Waals surface area (Å²) in [6.07, 6.45) is -0.572. The molecule has 5 heteroatoms. The quantitative estimate of drug-likeness (QED) is 0.721. The minimum Gasteiger partial charge on any atom is -0.426 e. The van der Waals surface area contributed by atoms with Crippen LogP contribution in [0.2, 0.25) is 0 Å². The largest absolute Gasteiger partial charge is 0.426 e. The third-order valence-corrected chi connectivity index (χ3v) is 2.89. The van der Waals surface area contributed by atoms with Gasteiger partial charge >= 0.3 is 5.97 Å². The molecule has 0 aromatic carbocycles. The normalized spacial score (nSPS) is 21.4. The zero-order valence-electron chi connectivity index (χ0n) is 8.54. The van der Waals surface area contributed by atoms with E-state index >= 15 is 0 Å². The fourth-order valence-electron chi connectivity index (χ4n) is 1.42. The Morgan fingerprint density at radius 1 is 1.50 bits per heavy atom. The van der Waals surface area contributed by atoms with E-state index in [1.807, 2.05) is 18.7 Å². The van der Waals surface area contributed by atoms with Crippen LogP contribution in [0, 0.1) is 0 Å². The van der Waals surface area contributed by atoms with Crippen molar-refractivity contribution in [2.75, 3.05) is 20.2 Å². The first kappa shape index (κ1) is 11.5. The van der Waals surface area contributed by atoms with Crippen LogP contribution in [0.1, 0.15) is 13.8 Å². The first-order valence-electron chi connectivity index (χ1n) is 4.54. The number of nitrogens with zero attached hydrogens (tertiary/aromatic N) is 1. The van der Waals surface area contributed by atoms with Gasteiger partial charge in [0.15, 0.2) is 0 Å². The molecule has 0 saturated carbocycles. The van der Waals surface area contributed by atoms with E-state index in [-0.39, 0.29) is 5.97 Å². The number of likely N-dealkylation sites (N-methyl/N-ethyl adjacent to an activating group) is 1. The molecular weight excluding hydrogens is 250 g/mol. The van der Waals surface area contributed by atoms with Crippen molar-refractivity contribution in [1.82, 2.24) is 4.90 Å². The number of ether oxygens (including phenoxy) is 2. The molecule has 80 valence electrons. The molecule has 1 aliphatic heterocycles. The summed E-state index contributed by atoms with van der Waals surface area (Å²) < 4.78 is 10.5. The number of hydrogen-bond donors (Lipinski definition) is 0. The number of carbonyl (C=O) groups excluding carboxylic acids is 1. The van der Waals surface area contributed by atoms with E-state index < -0.39 is 6.29 Å². The molecule has 0 bridgehead atoms. The lowest BCUT2D eigenvalue weighted by Crippen LogP contribution is -2.29. The number of cyclic esters (lactones) is 1. The second-order valence-corrected chi connectivity index (χ2v) is 3.64. The molecule has 0 N–H and O–H groups in total. The van der Waals surface area contributed by atoms with Crippen LogP contribution in [0.3, 0.4) is 0 Å². The van der Waals surface area contributed by atoms with Crippen molar-refractivity contribution < 1.29 is 14.3 Å². The predicted octanol–water partition coefficient (Wildman–Crippen LogP) is 1.46. The molecule has 4 nitrogen and oxygen atoms in total. The molecule has 0 aliphatic carbocycles. The molecule has 1 atom stereocenters. The molecule has 14 heavy (non-hydrogen) atoms. The van der Waals surface area contributed by atoms with Crippen LogP contribution in [0.5, 0.6) is 0 Å². The fourth-order valence-corrected chi connectivity index (χ4v) is 1.96. The summed E-state index contributed by atoms with van der Waals surface area (Å²) in [7, 11) is 1.52. The Balaban J connectivity index is 2.95. The van der Waals surface area contributed by atoms with Crippen LogP contribution in [0.25, 0.3) is 0 Å². The smallest absolute Gasteiger partial charge is 0.349 e. The molecule has 0 spiro atoms. The maximum Gasteiger partial charge on any atom is 0.349 e. The standard InChI is InChI=1S/C9H14BrNO3/c1-4-11(5-2)7-6(10)8(12)14-9(7)13-3/h9H,4-5H2,1-3H3. The summed E-state index contributed by atoms with van der Waals surface area (Å²) in [5.74, 6) is -0.362. The second kappa shape index (κ2) is 4.79. The van der Waals surface area contributed by atoms with Crippen LogP contribution >= 0.6 is 15.9 Å². The maximum absolute atomic E-state index is 11.3. The highest BCUT2D eigenvalue weighted by molar-refractivity contribution is 9.12. The van der Waals surface area contributed by atoms with Crippen molar-refractivity contribution in [3.05, 3.63) is 10.2 Å². The maximum atomic E-state index is 11.3. The molecule has 0 radical (unpaired) electrons. The number of halogens is 1. The zero-order chi connectivity index (χ0) is 10.7. The SMILES string of the molecule is CCN(CC)C1=C(Br)C(=O)OC1OC. The van der Waals surface area contributed by atoms with Gasteiger partial charge in [0.25, 0.3) is 0 Å². The molecule has 0 amide bonds. The van der Waals surface area contributed by atoms with E-state index in [1.165, 1.54) is 7.11 Å². The molecular formula is C9H14BrNO3. The van der Waals surface area contributed by atoms with Gasteiger partial charge in [-0.05, 0) is 29.8 Å². The number of hydrogen-bond acceptors (Lipinski definition) is 4. The van der Waals surface area contributed by atoms with Crippen LogP contribution in [-0.4, -0.2) is 37.4 Å². The molecule has 1 rings (SSSR count). The van der Waals surface area contributed by atoms with Crippen LogP contribution in [0.4, 0.5) is 0 Å². The number of rotatable bonds is 4. The van der Waals surface area contributed by atoms with Crippen molar-refractivity contribution >= 4 is 21.9 Å². The Labute approximate surface area is 92.0 Å². The van der Waals surface area contributed by atoms with Crippen LogP contribution in [-0.2, 0) is 14.3 Å². The Bertz CT molecular complexity index is 261. The number of esters is 1. The molecule has 0 aromatic heterocycles. The molecule has 1 heterocycles. The minimum atomic E-state index is -0.572. The fraction of sp³-hybridized carbons (Fsp3) is 0.667. The average molecular weight is 264 g/mol. The topological polar surface area (TPSA) is 38.8 Å². The van der Waals surface area contributed by atoms with E-state index in [9.17, 15) is 4.79 Å². The van der Waals surface area contributed by atoms with Gasteiger partial charge in [-0.2, -0.15) is 0 Å².